The molecule has 0 aliphatic rings. The summed E-state index contributed by atoms with van der Waals surface area (Å²) in [6.07, 6.45) is 0.988. The van der Waals surface area contributed by atoms with E-state index in [-0.39, 0.29) is 10.8 Å². The average molecular weight is 306 g/mol. The van der Waals surface area contributed by atoms with Crippen LogP contribution in [0.1, 0.15) is 32.8 Å². The lowest BCUT2D eigenvalue weighted by molar-refractivity contribution is 0.601. The third-order valence-electron chi connectivity index (χ3n) is 3.06. The fourth-order valence-electron chi connectivity index (χ4n) is 1.93. The Morgan fingerprint density at radius 2 is 1.71 bits per heavy atom. The molecule has 1 aromatic carbocycles. The quantitative estimate of drug-likeness (QED) is 0.852. The van der Waals surface area contributed by atoms with Crippen LogP contribution in [0.25, 0.3) is 0 Å². The van der Waals surface area contributed by atoms with Crippen molar-refractivity contribution in [2.45, 2.75) is 32.7 Å². The smallest absolute Gasteiger partial charge is 0.229 e. The van der Waals surface area contributed by atoms with Gasteiger partial charge >= 0.3 is 0 Å². The van der Waals surface area contributed by atoms with Crippen molar-refractivity contribution in [3.63, 3.8) is 0 Å². The molecule has 6 heteroatoms. The zero-order chi connectivity index (χ0) is 15.3. The molecule has 2 rings (SSSR count). The Hall–Kier alpha value is -1.88. The van der Waals surface area contributed by atoms with Gasteiger partial charge in [0.1, 0.15) is 0 Å². The molecule has 0 atom stereocenters. The van der Waals surface area contributed by atoms with E-state index in [1.807, 2.05) is 18.2 Å². The third-order valence-corrected chi connectivity index (χ3v) is 3.23. The van der Waals surface area contributed by atoms with E-state index in [0.717, 1.165) is 18.5 Å². The molecule has 0 aliphatic carbocycles. The van der Waals surface area contributed by atoms with Gasteiger partial charge in [0.05, 0.1) is 5.54 Å². The van der Waals surface area contributed by atoms with Gasteiger partial charge in [0, 0.05) is 6.54 Å². The summed E-state index contributed by atoms with van der Waals surface area (Å²) in [5.41, 5.74) is 0.832. The van der Waals surface area contributed by atoms with Gasteiger partial charge in [-0.05, 0) is 37.4 Å². The average Bonchev–Trinajstić information content (AvgIpc) is 2.45. The molecule has 0 fully saturated rings. The Morgan fingerprint density at radius 1 is 1.05 bits per heavy atom. The zero-order valence-electron chi connectivity index (χ0n) is 12.5. The van der Waals surface area contributed by atoms with Crippen molar-refractivity contribution >= 4 is 23.5 Å². The number of nitrogens with one attached hydrogen (secondary N) is 2. The predicted molar refractivity (Wildman–Crippen MR) is 86.7 cm³/mol. The van der Waals surface area contributed by atoms with Gasteiger partial charge in [-0.25, -0.2) is 0 Å². The minimum absolute atomic E-state index is 0.176. The lowest BCUT2D eigenvalue weighted by Crippen LogP contribution is -2.29. The molecule has 1 aromatic heterocycles. The third kappa shape index (κ3) is 4.29. The summed E-state index contributed by atoms with van der Waals surface area (Å²) >= 11 is 5.96. The maximum atomic E-state index is 5.96. The molecule has 0 spiro atoms. The Morgan fingerprint density at radius 3 is 2.38 bits per heavy atom. The number of hydrogen-bond donors (Lipinski definition) is 2. The van der Waals surface area contributed by atoms with Gasteiger partial charge in [-0.3, -0.25) is 0 Å². The normalized spacial score (nSPS) is 11.2. The molecule has 0 saturated heterocycles. The Bertz CT molecular complexity index is 586. The van der Waals surface area contributed by atoms with Crippen LogP contribution < -0.4 is 10.6 Å². The molecule has 5 nitrogen and oxygen atoms in total. The number of rotatable bonds is 6. The van der Waals surface area contributed by atoms with Crippen molar-refractivity contribution in [2.75, 3.05) is 17.2 Å². The molecule has 2 aromatic rings. The second-order valence-electron chi connectivity index (χ2n) is 5.29. The Kier molecular flexibility index (Phi) is 4.96. The van der Waals surface area contributed by atoms with Crippen LogP contribution in [0.5, 0.6) is 0 Å². The van der Waals surface area contributed by atoms with E-state index < -0.39 is 0 Å². The number of anilines is 2. The molecule has 1 heterocycles. The highest BCUT2D eigenvalue weighted by Crippen LogP contribution is 2.24. The molecule has 2 N–H and O–H groups in total. The highest BCUT2D eigenvalue weighted by atomic mass is 35.5. The van der Waals surface area contributed by atoms with E-state index in [1.54, 1.807) is 0 Å². The van der Waals surface area contributed by atoms with Crippen LogP contribution in [-0.2, 0) is 5.54 Å². The molecule has 0 saturated carbocycles. The second-order valence-corrected chi connectivity index (χ2v) is 5.63. The molecular weight excluding hydrogens is 286 g/mol. The van der Waals surface area contributed by atoms with Gasteiger partial charge in [0.15, 0.2) is 0 Å². The van der Waals surface area contributed by atoms with Crippen LogP contribution in [0.15, 0.2) is 30.3 Å². The van der Waals surface area contributed by atoms with E-state index >= 15 is 0 Å². The largest absolute Gasteiger partial charge is 0.354 e. The van der Waals surface area contributed by atoms with E-state index in [1.165, 1.54) is 0 Å². The van der Waals surface area contributed by atoms with Crippen molar-refractivity contribution in [3.8, 4) is 0 Å². The highest BCUT2D eigenvalue weighted by Gasteiger charge is 2.21. The standard InChI is InChI=1S/C15H20ClN5/c1-4-10-17-13-18-12(16)19-14(20-13)21-15(2,3)11-8-6-5-7-9-11/h5-9H,4,10H2,1-3H3,(H2,17,18,19,20,21). The van der Waals surface area contributed by atoms with Crippen molar-refractivity contribution < 1.29 is 0 Å². The molecule has 0 aliphatic heterocycles. The second kappa shape index (κ2) is 6.72. The Balaban J connectivity index is 2.20. The van der Waals surface area contributed by atoms with Crippen LogP contribution >= 0.6 is 11.6 Å². The number of benzene rings is 1. The van der Waals surface area contributed by atoms with Crippen molar-refractivity contribution in [1.29, 1.82) is 0 Å². The van der Waals surface area contributed by atoms with Crippen LogP contribution in [0.2, 0.25) is 5.28 Å². The van der Waals surface area contributed by atoms with Gasteiger partial charge in [-0.1, -0.05) is 37.3 Å². The summed E-state index contributed by atoms with van der Waals surface area (Å²) < 4.78 is 0. The molecule has 0 unspecified atom stereocenters. The highest BCUT2D eigenvalue weighted by molar-refractivity contribution is 6.28. The number of aromatic nitrogens is 3. The van der Waals surface area contributed by atoms with Gasteiger partial charge < -0.3 is 10.6 Å². The number of hydrogen-bond acceptors (Lipinski definition) is 5. The van der Waals surface area contributed by atoms with E-state index in [4.69, 9.17) is 11.6 Å². The number of nitrogens with zero attached hydrogens (tertiary/aromatic N) is 3. The van der Waals surface area contributed by atoms with Crippen LogP contribution in [0.3, 0.4) is 0 Å². The summed E-state index contributed by atoms with van der Waals surface area (Å²) in [5.74, 6) is 0.950. The van der Waals surface area contributed by atoms with Gasteiger partial charge in [0.2, 0.25) is 17.2 Å². The molecule has 112 valence electrons. The minimum atomic E-state index is -0.312. The van der Waals surface area contributed by atoms with Gasteiger partial charge in [-0.2, -0.15) is 15.0 Å². The van der Waals surface area contributed by atoms with Crippen LogP contribution in [-0.4, -0.2) is 21.5 Å². The zero-order valence-corrected chi connectivity index (χ0v) is 13.3. The van der Waals surface area contributed by atoms with E-state index in [9.17, 15) is 0 Å². The topological polar surface area (TPSA) is 62.7 Å². The fourth-order valence-corrected chi connectivity index (χ4v) is 2.09. The SMILES string of the molecule is CCCNc1nc(Cl)nc(NC(C)(C)c2ccccc2)n1. The lowest BCUT2D eigenvalue weighted by atomic mass is 9.95. The van der Waals surface area contributed by atoms with Crippen molar-refractivity contribution in [2.24, 2.45) is 0 Å². The maximum Gasteiger partial charge on any atom is 0.229 e. The summed E-state index contributed by atoms with van der Waals surface area (Å²) in [5, 5.41) is 6.60. The Labute approximate surface area is 130 Å². The van der Waals surface area contributed by atoms with Crippen LogP contribution in [0, 0.1) is 0 Å². The summed E-state index contributed by atoms with van der Waals surface area (Å²) in [6.45, 7) is 7.01. The first-order chi connectivity index (χ1) is 10.0. The molecular formula is C15H20ClN5. The first kappa shape index (κ1) is 15.5. The van der Waals surface area contributed by atoms with E-state index in [0.29, 0.717) is 11.9 Å². The summed E-state index contributed by atoms with van der Waals surface area (Å²) in [7, 11) is 0. The van der Waals surface area contributed by atoms with Gasteiger partial charge in [-0.15, -0.1) is 0 Å². The molecule has 0 radical (unpaired) electrons. The first-order valence-electron chi connectivity index (χ1n) is 7.00. The minimum Gasteiger partial charge on any atom is -0.354 e. The van der Waals surface area contributed by atoms with Crippen molar-refractivity contribution in [1.82, 2.24) is 15.0 Å². The molecule has 0 bridgehead atoms. The summed E-state index contributed by atoms with van der Waals surface area (Å²) in [4.78, 5) is 12.6. The maximum absolute atomic E-state index is 5.96. The van der Waals surface area contributed by atoms with E-state index in [2.05, 4.69) is 58.5 Å². The monoisotopic (exact) mass is 305 g/mol. The number of halogens is 1. The fraction of sp³-hybridized carbons (Fsp3) is 0.400. The summed E-state index contributed by atoms with van der Waals surface area (Å²) in [6, 6.07) is 10.1. The molecule has 21 heavy (non-hydrogen) atoms. The lowest BCUT2D eigenvalue weighted by Gasteiger charge is -2.27. The van der Waals surface area contributed by atoms with Crippen LogP contribution in [0.4, 0.5) is 11.9 Å². The first-order valence-corrected chi connectivity index (χ1v) is 7.38. The molecule has 0 amide bonds. The van der Waals surface area contributed by atoms with Crippen molar-refractivity contribution in [3.05, 3.63) is 41.2 Å². The van der Waals surface area contributed by atoms with Gasteiger partial charge in [0.25, 0.3) is 0 Å². The predicted octanol–water partition coefficient (Wildman–Crippen LogP) is 3.69.